The van der Waals surface area contributed by atoms with Gasteiger partial charge in [0.25, 0.3) is 0 Å². The van der Waals surface area contributed by atoms with Gasteiger partial charge in [-0.05, 0) is 25.0 Å². The number of ether oxygens (including phenoxy) is 1. The van der Waals surface area contributed by atoms with Crippen LogP contribution < -0.4 is 10.3 Å². The Balaban J connectivity index is 2.08. The third-order valence-electron chi connectivity index (χ3n) is 3.00. The largest absolute Gasteiger partial charge is 0.420 e. The molecule has 0 aromatic carbocycles. The van der Waals surface area contributed by atoms with Crippen LogP contribution >= 0.6 is 0 Å². The van der Waals surface area contributed by atoms with Gasteiger partial charge in [0.05, 0.1) is 5.92 Å². The van der Waals surface area contributed by atoms with Crippen molar-refractivity contribution < 1.29 is 9.53 Å². The second-order valence-corrected chi connectivity index (χ2v) is 4.26. The molecule has 17 heavy (non-hydrogen) atoms. The summed E-state index contributed by atoms with van der Waals surface area (Å²) in [5.41, 5.74) is -0.501. The summed E-state index contributed by atoms with van der Waals surface area (Å²) in [6.07, 6.45) is 6.41. The maximum atomic E-state index is 11.8. The standard InChI is InChI=1S/C13H15NO3/c15-12-11(8-4-5-9-14-12)17-13(16)10-6-2-1-3-7-10/h4-5,8-10H,1-3,6-7H2. The van der Waals surface area contributed by atoms with Crippen LogP contribution in [0, 0.1) is 5.92 Å². The minimum atomic E-state index is -0.501. The number of rotatable bonds is 2. The van der Waals surface area contributed by atoms with E-state index in [1.807, 2.05) is 0 Å². The Morgan fingerprint density at radius 1 is 1.24 bits per heavy atom. The summed E-state index contributed by atoms with van der Waals surface area (Å²) in [7, 11) is 0. The number of hydrogen-bond donors (Lipinski definition) is 0. The van der Waals surface area contributed by atoms with E-state index in [0.29, 0.717) is 0 Å². The van der Waals surface area contributed by atoms with E-state index < -0.39 is 5.56 Å². The SMILES string of the molecule is O=C(Oc1ccccnc1=O)C1CCCCC1. The van der Waals surface area contributed by atoms with Crippen molar-refractivity contribution >= 4 is 5.97 Å². The Bertz CT molecular complexity index is 452. The Kier molecular flexibility index (Phi) is 3.85. The molecule has 0 amide bonds. The lowest BCUT2D eigenvalue weighted by molar-refractivity contribution is -0.140. The van der Waals surface area contributed by atoms with Gasteiger partial charge >= 0.3 is 11.5 Å². The molecule has 1 fully saturated rings. The molecule has 1 aromatic heterocycles. The Morgan fingerprint density at radius 2 is 2.00 bits per heavy atom. The van der Waals surface area contributed by atoms with Crippen molar-refractivity contribution in [3.05, 3.63) is 34.7 Å². The van der Waals surface area contributed by atoms with Crippen molar-refractivity contribution in [2.45, 2.75) is 32.1 Å². The van der Waals surface area contributed by atoms with Gasteiger partial charge in [0.1, 0.15) is 0 Å². The molecule has 0 radical (unpaired) electrons. The highest BCUT2D eigenvalue weighted by molar-refractivity contribution is 5.75. The molecule has 4 nitrogen and oxygen atoms in total. The van der Waals surface area contributed by atoms with Crippen molar-refractivity contribution in [3.8, 4) is 5.75 Å². The molecule has 0 atom stereocenters. The molecule has 4 heteroatoms. The molecular formula is C13H15NO3. The van der Waals surface area contributed by atoms with Crippen LogP contribution in [0.2, 0.25) is 0 Å². The molecule has 1 saturated carbocycles. The summed E-state index contributed by atoms with van der Waals surface area (Å²) < 4.78 is 5.13. The van der Waals surface area contributed by atoms with E-state index in [4.69, 9.17) is 4.74 Å². The summed E-state index contributed by atoms with van der Waals surface area (Å²) >= 11 is 0. The van der Waals surface area contributed by atoms with Gasteiger partial charge in [-0.25, -0.2) is 4.98 Å². The van der Waals surface area contributed by atoms with Crippen LogP contribution in [0.5, 0.6) is 5.75 Å². The lowest BCUT2D eigenvalue weighted by Gasteiger charge is -2.19. The van der Waals surface area contributed by atoms with E-state index >= 15 is 0 Å². The van der Waals surface area contributed by atoms with Gasteiger partial charge in [-0.2, -0.15) is 0 Å². The number of esters is 1. The monoisotopic (exact) mass is 233 g/mol. The minimum Gasteiger partial charge on any atom is -0.420 e. The number of aromatic nitrogens is 1. The highest BCUT2D eigenvalue weighted by Crippen LogP contribution is 2.24. The third-order valence-corrected chi connectivity index (χ3v) is 3.00. The summed E-state index contributed by atoms with van der Waals surface area (Å²) in [5.74, 6) is -0.339. The zero-order valence-electron chi connectivity index (χ0n) is 9.59. The predicted octanol–water partition coefficient (Wildman–Crippen LogP) is 1.93. The zero-order valence-corrected chi connectivity index (χ0v) is 9.59. The van der Waals surface area contributed by atoms with E-state index in [2.05, 4.69) is 4.98 Å². The number of carbonyl (C=O) groups is 1. The van der Waals surface area contributed by atoms with Gasteiger partial charge in [0.15, 0.2) is 5.75 Å². The average Bonchev–Trinajstić information content (AvgIpc) is 2.56. The van der Waals surface area contributed by atoms with Crippen LogP contribution in [-0.2, 0) is 4.79 Å². The van der Waals surface area contributed by atoms with Gasteiger partial charge in [-0.1, -0.05) is 25.3 Å². The van der Waals surface area contributed by atoms with Crippen LogP contribution in [0.4, 0.5) is 0 Å². The first kappa shape index (κ1) is 11.8. The summed E-state index contributed by atoms with van der Waals surface area (Å²) in [6.45, 7) is 0. The van der Waals surface area contributed by atoms with Crippen LogP contribution in [0.1, 0.15) is 32.1 Å². The first-order valence-electron chi connectivity index (χ1n) is 5.94. The molecule has 0 spiro atoms. The predicted molar refractivity (Wildman–Crippen MR) is 62.7 cm³/mol. The van der Waals surface area contributed by atoms with E-state index in [-0.39, 0.29) is 17.6 Å². The van der Waals surface area contributed by atoms with Crippen LogP contribution in [0.15, 0.2) is 29.2 Å². The maximum Gasteiger partial charge on any atom is 0.314 e. The van der Waals surface area contributed by atoms with Gasteiger partial charge < -0.3 is 4.74 Å². The van der Waals surface area contributed by atoms with Crippen molar-refractivity contribution in [1.82, 2.24) is 4.98 Å². The second kappa shape index (κ2) is 5.57. The lowest BCUT2D eigenvalue weighted by Crippen LogP contribution is -2.24. The van der Waals surface area contributed by atoms with E-state index in [9.17, 15) is 9.59 Å². The Hall–Kier alpha value is -1.71. The van der Waals surface area contributed by atoms with Gasteiger partial charge in [0.2, 0.25) is 0 Å². The molecule has 0 bridgehead atoms. The van der Waals surface area contributed by atoms with Gasteiger partial charge in [-0.3, -0.25) is 9.59 Å². The van der Waals surface area contributed by atoms with Crippen LogP contribution in [0.3, 0.4) is 0 Å². The number of nitrogens with zero attached hydrogens (tertiary/aromatic N) is 1. The molecule has 1 aliphatic carbocycles. The molecular weight excluding hydrogens is 218 g/mol. The first-order chi connectivity index (χ1) is 8.27. The van der Waals surface area contributed by atoms with Crippen molar-refractivity contribution in [3.63, 3.8) is 0 Å². The van der Waals surface area contributed by atoms with Gasteiger partial charge in [0, 0.05) is 6.20 Å². The summed E-state index contributed by atoms with van der Waals surface area (Å²) in [5, 5.41) is 0. The van der Waals surface area contributed by atoms with E-state index in [1.54, 1.807) is 12.1 Å². The van der Waals surface area contributed by atoms with Crippen molar-refractivity contribution in [2.75, 3.05) is 0 Å². The van der Waals surface area contributed by atoms with Crippen molar-refractivity contribution in [1.29, 1.82) is 0 Å². The highest BCUT2D eigenvalue weighted by atomic mass is 16.5. The third kappa shape index (κ3) is 3.12. The molecule has 0 N–H and O–H groups in total. The molecule has 0 unspecified atom stereocenters. The summed E-state index contributed by atoms with van der Waals surface area (Å²) in [4.78, 5) is 26.9. The molecule has 0 saturated heterocycles. The molecule has 1 aliphatic rings. The number of hydrogen-bond acceptors (Lipinski definition) is 4. The molecule has 0 aliphatic heterocycles. The Labute approximate surface area is 99.6 Å². The fourth-order valence-electron chi connectivity index (χ4n) is 2.05. The van der Waals surface area contributed by atoms with Crippen LogP contribution in [-0.4, -0.2) is 11.0 Å². The lowest BCUT2D eigenvalue weighted by atomic mass is 9.89. The zero-order chi connectivity index (χ0) is 12.1. The number of carbonyl (C=O) groups excluding carboxylic acids is 1. The molecule has 1 heterocycles. The minimum absolute atomic E-state index is 0.0190. The molecule has 90 valence electrons. The van der Waals surface area contributed by atoms with E-state index in [0.717, 1.165) is 25.7 Å². The van der Waals surface area contributed by atoms with Gasteiger partial charge in [-0.15, -0.1) is 0 Å². The van der Waals surface area contributed by atoms with Crippen molar-refractivity contribution in [2.24, 2.45) is 5.92 Å². The highest BCUT2D eigenvalue weighted by Gasteiger charge is 2.23. The summed E-state index contributed by atoms with van der Waals surface area (Å²) in [6, 6.07) is 4.74. The average molecular weight is 233 g/mol. The normalized spacial score (nSPS) is 16.5. The van der Waals surface area contributed by atoms with Crippen LogP contribution in [0.25, 0.3) is 0 Å². The Morgan fingerprint density at radius 3 is 2.76 bits per heavy atom. The molecule has 2 rings (SSSR count). The topological polar surface area (TPSA) is 56.3 Å². The fraction of sp³-hybridized carbons (Fsp3) is 0.462. The smallest absolute Gasteiger partial charge is 0.314 e. The fourth-order valence-corrected chi connectivity index (χ4v) is 2.05. The van der Waals surface area contributed by atoms with E-state index in [1.165, 1.54) is 18.7 Å². The maximum absolute atomic E-state index is 11.8. The second-order valence-electron chi connectivity index (χ2n) is 4.26. The molecule has 1 aromatic rings. The first-order valence-corrected chi connectivity index (χ1v) is 5.94. The quantitative estimate of drug-likeness (QED) is 0.732.